The van der Waals surface area contributed by atoms with E-state index in [1.807, 2.05) is 4.57 Å². The van der Waals surface area contributed by atoms with Crippen molar-refractivity contribution in [3.63, 3.8) is 0 Å². The number of hydrogen-bond acceptors (Lipinski definition) is 4. The van der Waals surface area contributed by atoms with E-state index in [9.17, 15) is 9.59 Å². The van der Waals surface area contributed by atoms with Crippen LogP contribution in [0.1, 0.15) is 57.4 Å². The van der Waals surface area contributed by atoms with Crippen LogP contribution >= 0.6 is 11.8 Å². The second-order valence-corrected chi connectivity index (χ2v) is 7.17. The van der Waals surface area contributed by atoms with Crippen molar-refractivity contribution in [1.29, 1.82) is 0 Å². The topological polar surface area (TPSA) is 64.0 Å². The SMILES string of the molecule is O=C(CSc1nc(=O)ccn1C1CC1)NC1CCCCCC1. The number of carbonyl (C=O) groups is 1. The zero-order valence-electron chi connectivity index (χ0n) is 12.8. The van der Waals surface area contributed by atoms with Crippen molar-refractivity contribution in [2.75, 3.05) is 5.75 Å². The highest BCUT2D eigenvalue weighted by molar-refractivity contribution is 7.99. The Labute approximate surface area is 134 Å². The molecule has 2 saturated carbocycles. The third-order valence-corrected chi connectivity index (χ3v) is 5.26. The molecule has 0 aromatic carbocycles. The number of nitrogens with one attached hydrogen (secondary N) is 1. The average molecular weight is 321 g/mol. The highest BCUT2D eigenvalue weighted by Gasteiger charge is 2.25. The quantitative estimate of drug-likeness (QED) is 0.514. The molecule has 3 rings (SSSR count). The molecule has 5 nitrogen and oxygen atoms in total. The zero-order valence-corrected chi connectivity index (χ0v) is 13.6. The molecule has 0 unspecified atom stereocenters. The van der Waals surface area contributed by atoms with Crippen molar-refractivity contribution in [3.8, 4) is 0 Å². The summed E-state index contributed by atoms with van der Waals surface area (Å²) < 4.78 is 2.03. The van der Waals surface area contributed by atoms with Crippen molar-refractivity contribution in [3.05, 3.63) is 22.6 Å². The first-order valence-corrected chi connectivity index (χ1v) is 9.22. The average Bonchev–Trinajstić information content (AvgIpc) is 3.32. The number of rotatable bonds is 5. The highest BCUT2D eigenvalue weighted by Crippen LogP contribution is 2.36. The minimum Gasteiger partial charge on any atom is -0.353 e. The molecule has 0 spiro atoms. The highest BCUT2D eigenvalue weighted by atomic mass is 32.2. The molecule has 0 aliphatic heterocycles. The maximum atomic E-state index is 12.1. The lowest BCUT2D eigenvalue weighted by Gasteiger charge is -2.16. The third-order valence-electron chi connectivity index (χ3n) is 4.30. The Morgan fingerprint density at radius 3 is 2.64 bits per heavy atom. The van der Waals surface area contributed by atoms with Crippen LogP contribution in [0.25, 0.3) is 0 Å². The lowest BCUT2D eigenvalue weighted by molar-refractivity contribution is -0.119. The fourth-order valence-electron chi connectivity index (χ4n) is 2.96. The van der Waals surface area contributed by atoms with E-state index >= 15 is 0 Å². The van der Waals surface area contributed by atoms with Gasteiger partial charge in [0.25, 0.3) is 5.56 Å². The molecule has 1 N–H and O–H groups in total. The van der Waals surface area contributed by atoms with Crippen LogP contribution in [-0.4, -0.2) is 27.3 Å². The summed E-state index contributed by atoms with van der Waals surface area (Å²) in [6, 6.07) is 2.28. The summed E-state index contributed by atoms with van der Waals surface area (Å²) in [5.74, 6) is 0.386. The predicted octanol–water partition coefficient (Wildman–Crippen LogP) is 2.51. The number of carbonyl (C=O) groups excluding carboxylic acids is 1. The number of aromatic nitrogens is 2. The lowest BCUT2D eigenvalue weighted by atomic mass is 10.1. The molecule has 22 heavy (non-hydrogen) atoms. The first kappa shape index (κ1) is 15.6. The fourth-order valence-corrected chi connectivity index (χ4v) is 3.81. The molecule has 0 bridgehead atoms. The maximum absolute atomic E-state index is 12.1. The lowest BCUT2D eigenvalue weighted by Crippen LogP contribution is -2.35. The summed E-state index contributed by atoms with van der Waals surface area (Å²) in [7, 11) is 0. The normalized spacial score (nSPS) is 19.6. The molecule has 1 heterocycles. The summed E-state index contributed by atoms with van der Waals surface area (Å²) in [5, 5.41) is 3.81. The van der Waals surface area contributed by atoms with E-state index < -0.39 is 0 Å². The second kappa shape index (κ2) is 7.31. The van der Waals surface area contributed by atoms with Crippen LogP contribution in [0.5, 0.6) is 0 Å². The van der Waals surface area contributed by atoms with E-state index in [4.69, 9.17) is 0 Å². The van der Waals surface area contributed by atoms with Gasteiger partial charge in [0.2, 0.25) is 5.91 Å². The number of thioether (sulfide) groups is 1. The van der Waals surface area contributed by atoms with Crippen LogP contribution in [0.15, 0.2) is 22.2 Å². The Bertz CT molecular complexity index is 575. The van der Waals surface area contributed by atoms with Gasteiger partial charge < -0.3 is 9.88 Å². The van der Waals surface area contributed by atoms with Gasteiger partial charge in [0.1, 0.15) is 0 Å². The Morgan fingerprint density at radius 1 is 1.23 bits per heavy atom. The summed E-state index contributed by atoms with van der Waals surface area (Å²) >= 11 is 1.37. The van der Waals surface area contributed by atoms with E-state index in [1.54, 1.807) is 6.20 Å². The summed E-state index contributed by atoms with van der Waals surface area (Å²) in [6.07, 6.45) is 11.2. The largest absolute Gasteiger partial charge is 0.353 e. The van der Waals surface area contributed by atoms with Gasteiger partial charge >= 0.3 is 0 Å². The van der Waals surface area contributed by atoms with Crippen molar-refractivity contribution >= 4 is 17.7 Å². The minimum absolute atomic E-state index is 0.0531. The molecular weight excluding hydrogens is 298 g/mol. The van der Waals surface area contributed by atoms with Gasteiger partial charge in [-0.15, -0.1) is 0 Å². The van der Waals surface area contributed by atoms with Gasteiger partial charge in [-0.2, -0.15) is 4.98 Å². The molecule has 1 amide bonds. The van der Waals surface area contributed by atoms with Crippen LogP contribution in [0.3, 0.4) is 0 Å². The standard InChI is InChI=1S/C16H23N3O2S/c20-14-9-10-19(13-7-8-13)16(18-14)22-11-15(21)17-12-5-3-1-2-4-6-12/h9-10,12-13H,1-8,11H2,(H,17,21). The van der Waals surface area contributed by atoms with E-state index in [2.05, 4.69) is 10.3 Å². The molecule has 2 fully saturated rings. The van der Waals surface area contributed by atoms with Gasteiger partial charge in [0, 0.05) is 24.3 Å². The van der Waals surface area contributed by atoms with Crippen LogP contribution in [0.4, 0.5) is 0 Å². The maximum Gasteiger partial charge on any atom is 0.273 e. The van der Waals surface area contributed by atoms with E-state index in [1.165, 1.54) is 43.5 Å². The third kappa shape index (κ3) is 4.35. The van der Waals surface area contributed by atoms with Gasteiger partial charge in [-0.05, 0) is 25.7 Å². The van der Waals surface area contributed by atoms with E-state index in [-0.39, 0.29) is 11.5 Å². The molecule has 2 aliphatic rings. The van der Waals surface area contributed by atoms with Crippen molar-refractivity contribution in [1.82, 2.24) is 14.9 Å². The smallest absolute Gasteiger partial charge is 0.273 e. The first-order valence-electron chi connectivity index (χ1n) is 8.24. The summed E-state index contributed by atoms with van der Waals surface area (Å²) in [4.78, 5) is 27.6. The second-order valence-electron chi connectivity index (χ2n) is 6.23. The van der Waals surface area contributed by atoms with Crippen LogP contribution in [-0.2, 0) is 4.79 Å². The van der Waals surface area contributed by atoms with Gasteiger partial charge in [-0.3, -0.25) is 9.59 Å². The predicted molar refractivity (Wildman–Crippen MR) is 87.1 cm³/mol. The molecule has 0 radical (unpaired) electrons. The first-order chi connectivity index (χ1) is 10.7. The van der Waals surface area contributed by atoms with E-state index in [0.29, 0.717) is 23.0 Å². The Kier molecular flexibility index (Phi) is 5.18. The van der Waals surface area contributed by atoms with E-state index in [0.717, 1.165) is 25.7 Å². The number of amides is 1. The minimum atomic E-state index is -0.233. The molecule has 0 atom stereocenters. The number of hydrogen-bond donors (Lipinski definition) is 1. The van der Waals surface area contributed by atoms with Crippen molar-refractivity contribution in [2.24, 2.45) is 0 Å². The fraction of sp³-hybridized carbons (Fsp3) is 0.688. The molecule has 120 valence electrons. The van der Waals surface area contributed by atoms with Crippen molar-refractivity contribution < 1.29 is 4.79 Å². The summed E-state index contributed by atoms with van der Waals surface area (Å²) in [5.41, 5.74) is -0.233. The van der Waals surface area contributed by atoms with Crippen molar-refractivity contribution in [2.45, 2.75) is 68.6 Å². The Morgan fingerprint density at radius 2 is 1.95 bits per heavy atom. The molecular formula is C16H23N3O2S. The van der Waals surface area contributed by atoms with Crippen LogP contribution in [0, 0.1) is 0 Å². The molecule has 0 saturated heterocycles. The summed E-state index contributed by atoms with van der Waals surface area (Å²) in [6.45, 7) is 0. The van der Waals surface area contributed by atoms with Gasteiger partial charge in [0.05, 0.1) is 5.75 Å². The molecule has 6 heteroatoms. The molecule has 1 aromatic rings. The van der Waals surface area contributed by atoms with Crippen LogP contribution in [0.2, 0.25) is 0 Å². The number of nitrogens with zero attached hydrogens (tertiary/aromatic N) is 2. The van der Waals surface area contributed by atoms with Gasteiger partial charge in [-0.1, -0.05) is 37.4 Å². The zero-order chi connectivity index (χ0) is 15.4. The Balaban J connectivity index is 1.54. The Hall–Kier alpha value is -1.30. The molecule has 1 aromatic heterocycles. The molecule has 2 aliphatic carbocycles. The monoisotopic (exact) mass is 321 g/mol. The van der Waals surface area contributed by atoms with Crippen LogP contribution < -0.4 is 10.9 Å². The van der Waals surface area contributed by atoms with Gasteiger partial charge in [-0.25, -0.2) is 0 Å². The van der Waals surface area contributed by atoms with Gasteiger partial charge in [0.15, 0.2) is 5.16 Å².